The van der Waals surface area contributed by atoms with Crippen LogP contribution in [0.2, 0.25) is 0 Å². The number of rotatable bonds is 8. The lowest BCUT2D eigenvalue weighted by atomic mass is 9.78. The second-order valence-corrected chi connectivity index (χ2v) is 4.60. The van der Waals surface area contributed by atoms with Crippen LogP contribution in [-0.4, -0.2) is 32.5 Å². The highest BCUT2D eigenvalue weighted by Gasteiger charge is 2.50. The molecule has 0 aliphatic heterocycles. The smallest absolute Gasteiger partial charge is 0.338 e. The number of carbonyl (C=O) groups is 1. The van der Waals surface area contributed by atoms with E-state index < -0.39 is 17.2 Å². The Balaban J connectivity index is 4.43. The van der Waals surface area contributed by atoms with E-state index >= 15 is 0 Å². The summed E-state index contributed by atoms with van der Waals surface area (Å²) in [4.78, 5) is 11.0. The van der Waals surface area contributed by atoms with E-state index in [1.54, 1.807) is 6.92 Å². The second kappa shape index (κ2) is 6.21. The number of hydrogen-bond donors (Lipinski definition) is 3. The van der Waals surface area contributed by atoms with Gasteiger partial charge in [0.05, 0.1) is 0 Å². The van der Waals surface area contributed by atoms with Crippen LogP contribution in [-0.2, 0) is 4.79 Å². The highest BCUT2D eigenvalue weighted by Crippen LogP contribution is 2.31. The fourth-order valence-corrected chi connectivity index (χ4v) is 1.87. The summed E-state index contributed by atoms with van der Waals surface area (Å²) < 4.78 is 0. The van der Waals surface area contributed by atoms with Gasteiger partial charge < -0.3 is 15.3 Å². The largest absolute Gasteiger partial charge is 0.479 e. The molecule has 16 heavy (non-hydrogen) atoms. The van der Waals surface area contributed by atoms with E-state index in [1.165, 1.54) is 6.92 Å². The zero-order valence-electron chi connectivity index (χ0n) is 10.5. The van der Waals surface area contributed by atoms with Crippen LogP contribution in [0.1, 0.15) is 59.3 Å². The summed E-state index contributed by atoms with van der Waals surface area (Å²) in [6, 6.07) is 0. The van der Waals surface area contributed by atoms with E-state index in [1.807, 2.05) is 0 Å². The van der Waals surface area contributed by atoms with E-state index in [0.717, 1.165) is 25.7 Å². The lowest BCUT2D eigenvalue weighted by molar-refractivity contribution is -0.191. The standard InChI is InChI=1S/C12H24O4/c1-4-6-7-8-9-11(3,15)12(16,5-2)10(13)14/h15-16H,4-9H2,1-3H3,(H,13,14). The summed E-state index contributed by atoms with van der Waals surface area (Å²) in [7, 11) is 0. The van der Waals surface area contributed by atoms with Crippen LogP contribution in [0.5, 0.6) is 0 Å². The monoisotopic (exact) mass is 232 g/mol. The van der Waals surface area contributed by atoms with E-state index in [-0.39, 0.29) is 6.42 Å². The summed E-state index contributed by atoms with van der Waals surface area (Å²) >= 11 is 0. The van der Waals surface area contributed by atoms with Gasteiger partial charge in [-0.05, 0) is 19.8 Å². The molecule has 0 aromatic heterocycles. The van der Waals surface area contributed by atoms with Crippen molar-refractivity contribution in [1.29, 1.82) is 0 Å². The van der Waals surface area contributed by atoms with Crippen molar-refractivity contribution in [3.8, 4) is 0 Å². The number of carboxylic acids is 1. The average molecular weight is 232 g/mol. The maximum atomic E-state index is 11.0. The zero-order valence-corrected chi connectivity index (χ0v) is 10.5. The van der Waals surface area contributed by atoms with Crippen molar-refractivity contribution in [2.75, 3.05) is 0 Å². The molecule has 2 atom stereocenters. The Labute approximate surface area is 97.3 Å². The van der Waals surface area contributed by atoms with Crippen LogP contribution in [0, 0.1) is 0 Å². The van der Waals surface area contributed by atoms with Crippen LogP contribution < -0.4 is 0 Å². The Kier molecular flexibility index (Phi) is 5.97. The van der Waals surface area contributed by atoms with E-state index in [4.69, 9.17) is 5.11 Å². The molecule has 0 radical (unpaired) electrons. The third-order valence-corrected chi connectivity index (χ3v) is 3.27. The minimum Gasteiger partial charge on any atom is -0.479 e. The number of carboxylic acid groups (broad SMARTS) is 1. The molecule has 0 spiro atoms. The number of aliphatic carboxylic acids is 1. The molecule has 0 amide bonds. The molecule has 0 rings (SSSR count). The predicted octanol–water partition coefficient (Wildman–Crippen LogP) is 1.93. The lowest BCUT2D eigenvalue weighted by Crippen LogP contribution is -2.57. The Morgan fingerprint density at radius 1 is 1.12 bits per heavy atom. The SMILES string of the molecule is CCCCCCC(C)(O)C(O)(CC)C(=O)O. The molecule has 0 bridgehead atoms. The van der Waals surface area contributed by atoms with Gasteiger partial charge in [0.15, 0.2) is 5.60 Å². The van der Waals surface area contributed by atoms with Crippen molar-refractivity contribution >= 4 is 5.97 Å². The average Bonchev–Trinajstić information content (AvgIpc) is 2.22. The molecule has 4 nitrogen and oxygen atoms in total. The van der Waals surface area contributed by atoms with Crippen LogP contribution in [0.3, 0.4) is 0 Å². The topological polar surface area (TPSA) is 77.8 Å². The Morgan fingerprint density at radius 2 is 1.69 bits per heavy atom. The van der Waals surface area contributed by atoms with Gasteiger partial charge in [-0.25, -0.2) is 4.79 Å². The van der Waals surface area contributed by atoms with Gasteiger partial charge in [0.1, 0.15) is 5.60 Å². The molecule has 3 N–H and O–H groups in total. The van der Waals surface area contributed by atoms with Crippen LogP contribution in [0.25, 0.3) is 0 Å². The van der Waals surface area contributed by atoms with Gasteiger partial charge in [-0.3, -0.25) is 0 Å². The minimum atomic E-state index is -2.04. The van der Waals surface area contributed by atoms with Gasteiger partial charge in [-0.15, -0.1) is 0 Å². The third-order valence-electron chi connectivity index (χ3n) is 3.27. The molecule has 0 fully saturated rings. The molecule has 0 saturated carbocycles. The predicted molar refractivity (Wildman–Crippen MR) is 62.3 cm³/mol. The normalized spacial score (nSPS) is 18.8. The van der Waals surface area contributed by atoms with Crippen LogP contribution in [0.4, 0.5) is 0 Å². The van der Waals surface area contributed by atoms with Crippen molar-refractivity contribution in [2.45, 2.75) is 70.5 Å². The molecule has 0 saturated heterocycles. The summed E-state index contributed by atoms with van der Waals surface area (Å²) in [6.45, 7) is 5.04. The maximum absolute atomic E-state index is 11.0. The van der Waals surface area contributed by atoms with Gasteiger partial charge in [0.2, 0.25) is 0 Å². The summed E-state index contributed by atoms with van der Waals surface area (Å²) in [5.41, 5.74) is -3.61. The number of aliphatic hydroxyl groups is 2. The first-order chi connectivity index (χ1) is 7.31. The van der Waals surface area contributed by atoms with Crippen molar-refractivity contribution in [3.05, 3.63) is 0 Å². The summed E-state index contributed by atoms with van der Waals surface area (Å²) in [5.74, 6) is -1.35. The molecule has 96 valence electrons. The molecule has 0 aromatic rings. The third kappa shape index (κ3) is 3.46. The first-order valence-electron chi connectivity index (χ1n) is 6.00. The van der Waals surface area contributed by atoms with E-state index in [0.29, 0.717) is 6.42 Å². The number of unbranched alkanes of at least 4 members (excludes halogenated alkanes) is 3. The molecule has 2 unspecified atom stereocenters. The van der Waals surface area contributed by atoms with E-state index in [9.17, 15) is 15.0 Å². The highest BCUT2D eigenvalue weighted by molar-refractivity contribution is 5.78. The molecule has 0 aromatic carbocycles. The first kappa shape index (κ1) is 15.4. The summed E-state index contributed by atoms with van der Waals surface area (Å²) in [5, 5.41) is 29.0. The first-order valence-corrected chi connectivity index (χ1v) is 6.00. The van der Waals surface area contributed by atoms with E-state index in [2.05, 4.69) is 6.92 Å². The Morgan fingerprint density at radius 3 is 2.06 bits per heavy atom. The number of hydrogen-bond acceptors (Lipinski definition) is 3. The molecular weight excluding hydrogens is 208 g/mol. The Bertz CT molecular complexity index is 225. The van der Waals surface area contributed by atoms with Gasteiger partial charge in [-0.2, -0.15) is 0 Å². The van der Waals surface area contributed by atoms with Gasteiger partial charge in [-0.1, -0.05) is 39.5 Å². The van der Waals surface area contributed by atoms with Crippen LogP contribution in [0.15, 0.2) is 0 Å². The minimum absolute atomic E-state index is 0.00309. The van der Waals surface area contributed by atoms with Gasteiger partial charge >= 0.3 is 5.97 Å². The van der Waals surface area contributed by atoms with Crippen LogP contribution >= 0.6 is 0 Å². The quantitative estimate of drug-likeness (QED) is 0.559. The molecule has 4 heteroatoms. The summed E-state index contributed by atoms with van der Waals surface area (Å²) in [6.07, 6.45) is 4.14. The van der Waals surface area contributed by atoms with Gasteiger partial charge in [0, 0.05) is 0 Å². The Hall–Kier alpha value is -0.610. The molecular formula is C12H24O4. The molecule has 0 aliphatic carbocycles. The molecule has 0 heterocycles. The van der Waals surface area contributed by atoms with Crippen molar-refractivity contribution in [1.82, 2.24) is 0 Å². The maximum Gasteiger partial charge on any atom is 0.338 e. The van der Waals surface area contributed by atoms with Crippen molar-refractivity contribution in [3.63, 3.8) is 0 Å². The van der Waals surface area contributed by atoms with Crippen molar-refractivity contribution < 1.29 is 20.1 Å². The molecule has 0 aliphatic rings. The van der Waals surface area contributed by atoms with Gasteiger partial charge in [0.25, 0.3) is 0 Å². The highest BCUT2D eigenvalue weighted by atomic mass is 16.4. The lowest BCUT2D eigenvalue weighted by Gasteiger charge is -2.37. The second-order valence-electron chi connectivity index (χ2n) is 4.60. The fourth-order valence-electron chi connectivity index (χ4n) is 1.87. The van der Waals surface area contributed by atoms with Crippen molar-refractivity contribution in [2.24, 2.45) is 0 Å². The zero-order chi connectivity index (χ0) is 12.8. The fraction of sp³-hybridized carbons (Fsp3) is 0.917.